The number of rotatable bonds is 18. The summed E-state index contributed by atoms with van der Waals surface area (Å²) < 4.78 is 189. The molecule has 62 heteroatoms. The molecule has 10 N–H and O–H groups in total. The number of aliphatic hydroxyl groups is 1. The summed E-state index contributed by atoms with van der Waals surface area (Å²) >= 11 is 11.1. The number of aliphatic hydroxyl groups excluding tert-OH is 1. The van der Waals surface area contributed by atoms with Crippen molar-refractivity contribution in [3.8, 4) is 0 Å². The summed E-state index contributed by atoms with van der Waals surface area (Å²) in [5.41, 5.74) is 1.81. The van der Waals surface area contributed by atoms with E-state index in [4.69, 9.17) is 84.3 Å². The van der Waals surface area contributed by atoms with Crippen molar-refractivity contribution in [1.29, 1.82) is 0 Å². The van der Waals surface area contributed by atoms with Crippen LogP contribution in [0.1, 0.15) is 68.9 Å². The second-order valence-corrected chi connectivity index (χ2v) is 43.8. The van der Waals surface area contributed by atoms with Crippen LogP contribution in [0.3, 0.4) is 0 Å². The number of benzene rings is 4. The molecule has 8 aliphatic rings. The van der Waals surface area contributed by atoms with Gasteiger partial charge in [-0.15, -0.1) is 13.2 Å². The first-order chi connectivity index (χ1) is 65.7. The van der Waals surface area contributed by atoms with Gasteiger partial charge in [-0.2, -0.15) is 54.0 Å². The van der Waals surface area contributed by atoms with E-state index in [9.17, 15) is 39.3 Å². The number of fused-ring (bicyclic) bond motifs is 14. The van der Waals surface area contributed by atoms with E-state index in [1.807, 2.05) is 12.2 Å². The quantitative estimate of drug-likeness (QED) is 0.0155. The standard InChI is InChI=1S/C54H48F2N12O14P2S2.C25H27F2N9O8P2S2.CH4O.2H3N.4H2S/c1-3-23-63(51(69)33-15-7-5-8-16-33)47-43-49(59-29-57-47)65(31-61-43)53-41(55)45-39(79-53)25-77-84(76,86-28-36-20-12-14-22-38(36)68(73)74)82-46-40(26-78-83(75,81-45)85-27-35-19-11-13-21-37(35)67(71)72)80-54(42(46)56)66-32-62-44-48(58-30-60-50(44)66)64(24-4-2)52(70)34-17-9-6-10-18-34;26-15-19-13-6-39-46(38,48)44-20-14(7-40-45(37,47)43-19)42-25(16(20)27)36-11-34-18-21(30-9-32-23(18)36)28-5-3-1-2-4-12-17-22(31-8-29-12)35(10-33-17)24(15)41-13;1-2;;;;;;/h3-22,29-32,39-42,45-46,53-54H,1-2,23-28H2;1,3,8-11,13-16,19-20,24-25H,2,4-7H2,(H,37,47)(H,38,48)(H,28,30,32);2H,1H3;2*1H3;4*1H2/b;3-1+;;;;;;;/t39-,40-,41-,42-,45-,46-,53-,54?,83+,84+;13-,14-,15-,16-,19-,20-,24-,25?,45?,46?;;;;;;;/m11......./s1. The Morgan fingerprint density at radius 2 is 0.866 bits per heavy atom. The van der Waals surface area contributed by atoms with E-state index >= 15 is 26.7 Å². The summed E-state index contributed by atoms with van der Waals surface area (Å²) in [6, 6.07) is 27.7. The van der Waals surface area contributed by atoms with Gasteiger partial charge in [0.25, 0.3) is 23.2 Å². The van der Waals surface area contributed by atoms with Gasteiger partial charge < -0.3 is 76.9 Å². The van der Waals surface area contributed by atoms with Crippen LogP contribution in [0.4, 0.5) is 46.4 Å². The van der Waals surface area contributed by atoms with Gasteiger partial charge in [-0.3, -0.25) is 80.5 Å². The van der Waals surface area contributed by atoms with E-state index in [1.165, 1.54) is 114 Å². The molecule has 46 nitrogen and oxygen atoms in total. The number of carbonyl (C=O) groups is 2. The Hall–Kier alpha value is -9.29. The molecule has 142 heavy (non-hydrogen) atoms. The van der Waals surface area contributed by atoms with Crippen LogP contribution in [0.2, 0.25) is 0 Å². The molecule has 8 aromatic heterocycles. The number of ether oxygens (including phenoxy) is 4. The van der Waals surface area contributed by atoms with Crippen molar-refractivity contribution < 1.29 is 116 Å². The molecule has 4 aromatic carbocycles. The van der Waals surface area contributed by atoms with Crippen molar-refractivity contribution >= 4 is 213 Å². The van der Waals surface area contributed by atoms with Crippen LogP contribution in [-0.4, -0.2) is 232 Å². The van der Waals surface area contributed by atoms with Crippen LogP contribution in [0.5, 0.6) is 0 Å². The Balaban J connectivity index is 0.000000292. The number of allylic oxidation sites excluding steroid dienone is 1. The van der Waals surface area contributed by atoms with Gasteiger partial charge in [-0.05, 0) is 59.9 Å². The minimum Gasteiger partial charge on any atom is -0.780 e. The molecular weight excluding hydrogens is 2110 g/mol. The van der Waals surface area contributed by atoms with Gasteiger partial charge in [0.15, 0.2) is 113 Å². The maximum absolute atomic E-state index is 17.8. The fourth-order valence-electron chi connectivity index (χ4n) is 15.9. The molecule has 0 spiro atoms. The summed E-state index contributed by atoms with van der Waals surface area (Å²) in [4.78, 5) is 119. The van der Waals surface area contributed by atoms with Crippen molar-refractivity contribution in [2.75, 3.05) is 68.3 Å². The number of amides is 2. The molecule has 20 atom stereocenters. The first-order valence-electron chi connectivity index (χ1n) is 41.2. The van der Waals surface area contributed by atoms with Crippen molar-refractivity contribution in [3.05, 3.63) is 245 Å². The predicted octanol–water partition coefficient (Wildman–Crippen LogP) is 13.4. The van der Waals surface area contributed by atoms with Crippen LogP contribution in [0.25, 0.3) is 44.7 Å². The molecule has 12 aromatic rings. The van der Waals surface area contributed by atoms with Gasteiger partial charge in [-0.25, -0.2) is 86.5 Å². The largest absolute Gasteiger partial charge is 0.780 e. The van der Waals surface area contributed by atoms with Crippen LogP contribution < -0.4 is 32.3 Å². The van der Waals surface area contributed by atoms with E-state index in [1.54, 1.807) is 60.7 Å². The highest BCUT2D eigenvalue weighted by Gasteiger charge is 2.58. The number of imidazole rings is 4. The Morgan fingerprint density at radius 3 is 1.30 bits per heavy atom. The normalized spacial score (nSPS) is 28.0. The zero-order chi connectivity index (χ0) is 95.5. The molecule has 0 radical (unpaired) electrons. The number of nitrogens with one attached hydrogen (secondary N) is 1. The number of alkyl halides is 4. The smallest absolute Gasteiger partial charge is 0.390 e. The summed E-state index contributed by atoms with van der Waals surface area (Å²) in [5, 5.41) is 34.5. The lowest BCUT2D eigenvalue weighted by Gasteiger charge is -2.36. The van der Waals surface area contributed by atoms with Gasteiger partial charge in [0.1, 0.15) is 86.4 Å². The van der Waals surface area contributed by atoms with Crippen molar-refractivity contribution in [2.45, 2.75) is 123 Å². The summed E-state index contributed by atoms with van der Waals surface area (Å²) in [5.74, 6) is -1.37. The lowest BCUT2D eigenvalue weighted by Crippen LogP contribution is -2.38. The number of aryl methyl sites for hydroxylation is 1. The van der Waals surface area contributed by atoms with Crippen molar-refractivity contribution in [2.24, 2.45) is 0 Å². The minimum atomic E-state index is -4.92. The van der Waals surface area contributed by atoms with Crippen molar-refractivity contribution in [1.82, 2.24) is 90.4 Å². The predicted molar refractivity (Wildman–Crippen MR) is 537 cm³/mol. The average Bonchev–Trinajstić information content (AvgIpc) is 1.60. The Morgan fingerprint density at radius 1 is 0.507 bits per heavy atom. The molecule has 0 saturated carbocycles. The topological polar surface area (TPSA) is 592 Å². The van der Waals surface area contributed by atoms with E-state index in [0.717, 1.165) is 32.4 Å². The highest BCUT2D eigenvalue weighted by atomic mass is 32.7. The number of quaternary nitrogens is 2. The number of hydrogen-bond donors (Lipinski definition) is 4. The lowest BCUT2D eigenvalue weighted by atomic mass is 10.1. The number of halogens is 4. The van der Waals surface area contributed by atoms with Crippen LogP contribution in [0, 0.1) is 20.2 Å². The monoisotopic (exact) mass is 2200 g/mol. The van der Waals surface area contributed by atoms with E-state index in [0.29, 0.717) is 75.8 Å². The highest BCUT2D eigenvalue weighted by molar-refractivity contribution is 8.55. The summed E-state index contributed by atoms with van der Waals surface area (Å²) in [6.07, 6.45) is -10.8. The number of para-hydroxylation sites is 2. The number of carbonyl (C=O) groups excluding carboxylic acids is 2. The third kappa shape index (κ3) is 23.8. The van der Waals surface area contributed by atoms with Crippen LogP contribution >= 0.6 is 104 Å². The zero-order valence-corrected chi connectivity index (χ0v) is 85.4. The van der Waals surface area contributed by atoms with Gasteiger partial charge in [0, 0.05) is 72.6 Å². The molecular formula is C80H93F4N23O23P4S8. The molecule has 4 unspecified atom stereocenters. The van der Waals surface area contributed by atoms with Gasteiger partial charge in [0.05, 0.1) is 67.3 Å². The lowest BCUT2D eigenvalue weighted by molar-refractivity contribution is -0.385. The van der Waals surface area contributed by atoms with Crippen LogP contribution in [-0.2, 0) is 111 Å². The maximum atomic E-state index is 17.8. The molecule has 20 rings (SSSR count). The minimum absolute atomic E-state index is 0. The number of aromatic nitrogens is 16. The molecule has 16 heterocycles. The van der Waals surface area contributed by atoms with Gasteiger partial charge in [0.2, 0.25) is 0 Å². The fourth-order valence-corrected chi connectivity index (χ4v) is 25.5. The molecule has 14 bridgehead atoms. The van der Waals surface area contributed by atoms with E-state index < -0.39 is 185 Å². The number of nitrogens with zero attached hydrogens (tertiary/aromatic N) is 20. The summed E-state index contributed by atoms with van der Waals surface area (Å²) in [7, 11) is 1.00. The van der Waals surface area contributed by atoms with Gasteiger partial charge in [-0.1, -0.05) is 109 Å². The number of nitro groups is 2. The molecule has 6 fully saturated rings. The fraction of sp³-hybridized carbons (Fsp3) is 0.350. The molecule has 2 amide bonds. The van der Waals surface area contributed by atoms with Gasteiger partial charge >= 0.3 is 13.6 Å². The molecule has 8 aliphatic heterocycles. The summed E-state index contributed by atoms with van der Waals surface area (Å²) in [6.45, 7) is -14.1. The first-order valence-corrected chi connectivity index (χ1v) is 52.6. The third-order valence-electron chi connectivity index (χ3n) is 22.1. The third-order valence-corrected chi connectivity index (χ3v) is 32.5. The number of anilines is 3. The zero-order valence-electron chi connectivity index (χ0n) is 74.6. The Labute approximate surface area is 850 Å². The van der Waals surface area contributed by atoms with E-state index in [2.05, 4.69) is 78.3 Å². The van der Waals surface area contributed by atoms with Crippen molar-refractivity contribution in [3.63, 3.8) is 0 Å². The van der Waals surface area contributed by atoms with E-state index in [-0.39, 0.29) is 147 Å². The molecule has 6 saturated heterocycles. The average molecular weight is 2200 g/mol. The second kappa shape index (κ2) is 48.8. The Kier molecular flexibility index (Phi) is 38.9. The molecule has 0 aliphatic carbocycles. The highest BCUT2D eigenvalue weighted by Crippen LogP contribution is 2.68. The number of hydrogen-bond acceptors (Lipinski definition) is 40. The second-order valence-electron chi connectivity index (χ2n) is 30.4. The first kappa shape index (κ1) is 113. The molecule has 762 valence electrons. The number of nitro benzene ring substituents is 2. The van der Waals surface area contributed by atoms with Crippen LogP contribution in [0.15, 0.2) is 197 Å². The Bertz CT molecular complexity index is 6360. The SMILES string of the molecule is C=CCN(C(=O)c1ccccc1)c1ncnc2c1ncn2C1O[C@@H]2CO[P@](=O)(SCc3ccccc3[N+](=O)[O-])O[C@H]3[C@@H](F)[C@H](n4cnc5c(N(CC=C)C(=O)c6ccccc6)ncnc54)O[C@@H]3CO[P@](=O)(SCc3ccccc3[N+](=O)[O-])O[C@H]2[C@H]1F.CO.O=P1([S-])OC[C@H]2OC3[C@H](F)[C@@H]2OP([O-])(=S)OC[C@H]2O[C@H]([C@H](F)[C@@H]2O1)n1cnc2c(ncnc21)CC/C=C/CNc1ncnc2c1ncn23.S.S.S.S.[NH4+].[NH4+]. The maximum Gasteiger partial charge on any atom is 0.390 e.